The molecule has 0 saturated carbocycles. The summed E-state index contributed by atoms with van der Waals surface area (Å²) in [5, 5.41) is 12.3. The summed E-state index contributed by atoms with van der Waals surface area (Å²) >= 11 is 1.42. The average Bonchev–Trinajstić information content (AvgIpc) is 2.82. The summed E-state index contributed by atoms with van der Waals surface area (Å²) in [6.45, 7) is 0. The van der Waals surface area contributed by atoms with E-state index in [1.54, 1.807) is 24.5 Å². The smallest absolute Gasteiger partial charge is 0.256 e. The molecule has 4 rings (SSSR count). The normalized spacial score (nSPS) is 10.3. The third-order valence-corrected chi connectivity index (χ3v) is 5.88. The van der Waals surface area contributed by atoms with Gasteiger partial charge in [-0.25, -0.2) is 0 Å². The van der Waals surface area contributed by atoms with Gasteiger partial charge in [0.1, 0.15) is 6.07 Å². The van der Waals surface area contributed by atoms with E-state index in [1.165, 1.54) is 17.3 Å². The number of nitriles is 1. The van der Waals surface area contributed by atoms with E-state index in [0.29, 0.717) is 11.1 Å². The van der Waals surface area contributed by atoms with E-state index in [-0.39, 0.29) is 5.91 Å². The van der Waals surface area contributed by atoms with Gasteiger partial charge in [-0.3, -0.25) is 9.78 Å². The van der Waals surface area contributed by atoms with Crippen LogP contribution >= 0.6 is 11.8 Å². The van der Waals surface area contributed by atoms with E-state index < -0.39 is 0 Å². The van der Waals surface area contributed by atoms with Crippen molar-refractivity contribution in [2.45, 2.75) is 16.2 Å². The Hall–Kier alpha value is -3.88. The highest BCUT2D eigenvalue weighted by Crippen LogP contribution is 2.33. The SMILES string of the molecule is N#Cc1ccccc1Sc1ccccc1C(=O)Nc1ccc(Cc2ccncc2)cc1. The van der Waals surface area contributed by atoms with E-state index in [9.17, 15) is 10.1 Å². The summed E-state index contributed by atoms with van der Waals surface area (Å²) in [6.07, 6.45) is 4.39. The average molecular weight is 422 g/mol. The maximum atomic E-state index is 13.0. The van der Waals surface area contributed by atoms with Crippen LogP contribution in [0.2, 0.25) is 0 Å². The molecule has 0 aliphatic carbocycles. The molecule has 0 unspecified atom stereocenters. The zero-order chi connectivity index (χ0) is 21.5. The summed E-state index contributed by atoms with van der Waals surface area (Å²) in [5.74, 6) is -0.181. The van der Waals surface area contributed by atoms with E-state index in [4.69, 9.17) is 0 Å². The van der Waals surface area contributed by atoms with Crippen LogP contribution in [-0.4, -0.2) is 10.9 Å². The Morgan fingerprint density at radius 2 is 1.48 bits per heavy atom. The van der Waals surface area contributed by atoms with Gasteiger partial charge >= 0.3 is 0 Å². The molecule has 0 atom stereocenters. The topological polar surface area (TPSA) is 65.8 Å². The van der Waals surface area contributed by atoms with Crippen LogP contribution in [-0.2, 0) is 6.42 Å². The summed E-state index contributed by atoms with van der Waals surface area (Å²) in [7, 11) is 0. The van der Waals surface area contributed by atoms with E-state index in [2.05, 4.69) is 16.4 Å². The van der Waals surface area contributed by atoms with Crippen molar-refractivity contribution in [1.29, 1.82) is 5.26 Å². The number of nitrogens with zero attached hydrogens (tertiary/aromatic N) is 2. The standard InChI is InChI=1S/C26H19N3OS/c27-18-21-5-1-3-7-24(21)31-25-8-4-2-6-23(25)26(30)29-22-11-9-19(10-12-22)17-20-13-15-28-16-14-20/h1-16H,17H2,(H,29,30). The molecule has 0 saturated heterocycles. The summed E-state index contributed by atoms with van der Waals surface area (Å²) < 4.78 is 0. The van der Waals surface area contributed by atoms with Crippen LogP contribution in [0.4, 0.5) is 5.69 Å². The van der Waals surface area contributed by atoms with Crippen LogP contribution in [0.5, 0.6) is 0 Å². The van der Waals surface area contributed by atoms with Crippen molar-refractivity contribution in [3.8, 4) is 6.07 Å². The van der Waals surface area contributed by atoms with Crippen LogP contribution in [0, 0.1) is 11.3 Å². The molecule has 5 heteroatoms. The van der Waals surface area contributed by atoms with Gasteiger partial charge < -0.3 is 5.32 Å². The molecule has 0 bridgehead atoms. The lowest BCUT2D eigenvalue weighted by Gasteiger charge is -2.11. The first-order valence-corrected chi connectivity index (χ1v) is 10.6. The lowest BCUT2D eigenvalue weighted by Crippen LogP contribution is -2.13. The third-order valence-electron chi connectivity index (χ3n) is 4.73. The molecule has 4 nitrogen and oxygen atoms in total. The van der Waals surface area contributed by atoms with Crippen LogP contribution in [0.1, 0.15) is 27.0 Å². The van der Waals surface area contributed by atoms with Crippen molar-refractivity contribution >= 4 is 23.4 Å². The van der Waals surface area contributed by atoms with Crippen LogP contribution in [0.25, 0.3) is 0 Å². The van der Waals surface area contributed by atoms with Crippen LogP contribution in [0.15, 0.2) is 107 Å². The maximum Gasteiger partial charge on any atom is 0.256 e. The Morgan fingerprint density at radius 3 is 2.23 bits per heavy atom. The fourth-order valence-corrected chi connectivity index (χ4v) is 4.17. The van der Waals surface area contributed by atoms with Crippen molar-refractivity contribution in [2.24, 2.45) is 0 Å². The highest BCUT2D eigenvalue weighted by Gasteiger charge is 2.14. The molecule has 0 fully saturated rings. The minimum atomic E-state index is -0.181. The van der Waals surface area contributed by atoms with Gasteiger partial charge in [0.2, 0.25) is 0 Å². The Morgan fingerprint density at radius 1 is 0.839 bits per heavy atom. The fourth-order valence-electron chi connectivity index (χ4n) is 3.15. The number of rotatable bonds is 6. The highest BCUT2D eigenvalue weighted by atomic mass is 32.2. The monoisotopic (exact) mass is 421 g/mol. The Labute approximate surface area is 185 Å². The number of amides is 1. The number of benzene rings is 3. The first-order valence-electron chi connectivity index (χ1n) is 9.78. The lowest BCUT2D eigenvalue weighted by atomic mass is 10.1. The predicted molar refractivity (Wildman–Crippen MR) is 123 cm³/mol. The van der Waals surface area contributed by atoms with E-state index >= 15 is 0 Å². The van der Waals surface area contributed by atoms with Crippen LogP contribution in [0.3, 0.4) is 0 Å². The number of pyridine rings is 1. The van der Waals surface area contributed by atoms with Gasteiger partial charge in [-0.15, -0.1) is 0 Å². The Kier molecular flexibility index (Phi) is 6.41. The molecule has 1 N–H and O–H groups in total. The van der Waals surface area contributed by atoms with Gasteiger partial charge in [0.15, 0.2) is 0 Å². The van der Waals surface area contributed by atoms with Crippen molar-refractivity contribution in [3.05, 3.63) is 120 Å². The van der Waals surface area contributed by atoms with Crippen molar-refractivity contribution in [1.82, 2.24) is 4.98 Å². The fraction of sp³-hybridized carbons (Fsp3) is 0.0385. The number of carbonyl (C=O) groups excluding carboxylic acids is 1. The minimum absolute atomic E-state index is 0.181. The number of carbonyl (C=O) groups is 1. The molecule has 0 aliphatic rings. The number of nitrogens with one attached hydrogen (secondary N) is 1. The number of hydrogen-bond donors (Lipinski definition) is 1. The highest BCUT2D eigenvalue weighted by molar-refractivity contribution is 7.99. The second-order valence-electron chi connectivity index (χ2n) is 6.89. The lowest BCUT2D eigenvalue weighted by molar-refractivity contribution is 0.102. The van der Waals surface area contributed by atoms with Crippen molar-refractivity contribution < 1.29 is 4.79 Å². The van der Waals surface area contributed by atoms with Gasteiger partial charge in [0.05, 0.1) is 11.1 Å². The second-order valence-corrected chi connectivity index (χ2v) is 7.97. The molecule has 1 aromatic heterocycles. The molecule has 3 aromatic carbocycles. The molecule has 0 radical (unpaired) electrons. The molecule has 150 valence electrons. The largest absolute Gasteiger partial charge is 0.322 e. The van der Waals surface area contributed by atoms with Gasteiger partial charge in [-0.1, -0.05) is 48.2 Å². The molecule has 0 aliphatic heterocycles. The maximum absolute atomic E-state index is 13.0. The zero-order valence-corrected chi connectivity index (χ0v) is 17.5. The molecule has 31 heavy (non-hydrogen) atoms. The van der Waals surface area contributed by atoms with Crippen LogP contribution < -0.4 is 5.32 Å². The number of aromatic nitrogens is 1. The first-order chi connectivity index (χ1) is 15.2. The second kappa shape index (κ2) is 9.75. The molecule has 1 amide bonds. The van der Waals surface area contributed by atoms with Crippen molar-refractivity contribution in [2.75, 3.05) is 5.32 Å². The zero-order valence-electron chi connectivity index (χ0n) is 16.7. The molecule has 0 spiro atoms. The molecule has 1 heterocycles. The molecular formula is C26H19N3OS. The molecule has 4 aromatic rings. The van der Waals surface area contributed by atoms with E-state index in [1.807, 2.05) is 72.8 Å². The summed E-state index contributed by atoms with van der Waals surface area (Å²) in [6, 6.07) is 28.9. The van der Waals surface area contributed by atoms with Gasteiger partial charge in [-0.2, -0.15) is 5.26 Å². The minimum Gasteiger partial charge on any atom is -0.322 e. The quantitative estimate of drug-likeness (QED) is 0.418. The van der Waals surface area contributed by atoms with Gasteiger partial charge in [0.25, 0.3) is 5.91 Å². The van der Waals surface area contributed by atoms with Crippen molar-refractivity contribution in [3.63, 3.8) is 0 Å². The van der Waals surface area contributed by atoms with E-state index in [0.717, 1.165) is 27.5 Å². The Bertz CT molecular complexity index is 1230. The number of anilines is 1. The van der Waals surface area contributed by atoms with Gasteiger partial charge in [0, 0.05) is 27.9 Å². The Balaban J connectivity index is 1.48. The third kappa shape index (κ3) is 5.19. The summed E-state index contributed by atoms with van der Waals surface area (Å²) in [5.41, 5.74) is 4.25. The predicted octanol–water partition coefficient (Wildman–Crippen LogP) is 5.95. The van der Waals surface area contributed by atoms with Gasteiger partial charge in [-0.05, 0) is 66.1 Å². The summed E-state index contributed by atoms with van der Waals surface area (Å²) in [4.78, 5) is 18.6. The first kappa shape index (κ1) is 20.4. The molecular weight excluding hydrogens is 402 g/mol. The number of hydrogen-bond acceptors (Lipinski definition) is 4.